The molecule has 0 spiro atoms. The van der Waals surface area contributed by atoms with Crippen LogP contribution >= 0.6 is 0 Å². The SMILES string of the molecule is Cc1cccc2c1[C@]1(c3c[nH]c4ccccc34)CC(=O)N(C)[C@@H]1N2C. The van der Waals surface area contributed by atoms with Crippen LogP contribution in [0.3, 0.4) is 0 Å². The summed E-state index contributed by atoms with van der Waals surface area (Å²) in [5.41, 5.74) is 5.80. The number of likely N-dealkylation sites (N-methyl/N-ethyl adjacent to an activating group) is 2. The van der Waals surface area contributed by atoms with Crippen LogP contribution in [-0.2, 0) is 10.2 Å². The maximum absolute atomic E-state index is 12.8. The molecule has 1 amide bonds. The molecule has 25 heavy (non-hydrogen) atoms. The monoisotopic (exact) mass is 331 g/mol. The average molecular weight is 331 g/mol. The molecule has 4 nitrogen and oxygen atoms in total. The first-order valence-electron chi connectivity index (χ1n) is 8.71. The topological polar surface area (TPSA) is 39.3 Å². The molecule has 0 radical (unpaired) electrons. The molecule has 126 valence electrons. The maximum Gasteiger partial charge on any atom is 0.225 e. The van der Waals surface area contributed by atoms with Crippen molar-refractivity contribution in [1.29, 1.82) is 0 Å². The Hall–Kier alpha value is -2.75. The van der Waals surface area contributed by atoms with E-state index in [1.807, 2.05) is 18.0 Å². The maximum atomic E-state index is 12.8. The first kappa shape index (κ1) is 14.6. The van der Waals surface area contributed by atoms with E-state index in [2.05, 4.69) is 66.5 Å². The van der Waals surface area contributed by atoms with E-state index in [9.17, 15) is 4.79 Å². The summed E-state index contributed by atoms with van der Waals surface area (Å²) in [5, 5.41) is 1.21. The van der Waals surface area contributed by atoms with Crippen molar-refractivity contribution in [3.05, 3.63) is 65.4 Å². The van der Waals surface area contributed by atoms with Crippen molar-refractivity contribution in [2.24, 2.45) is 0 Å². The molecule has 2 aliphatic heterocycles. The number of aromatic amines is 1. The fourth-order valence-corrected chi connectivity index (χ4v) is 5.20. The summed E-state index contributed by atoms with van der Waals surface area (Å²) in [7, 11) is 4.04. The van der Waals surface area contributed by atoms with E-state index in [1.165, 1.54) is 27.8 Å². The Balaban J connectivity index is 1.90. The van der Waals surface area contributed by atoms with Gasteiger partial charge in [0.25, 0.3) is 0 Å². The second-order valence-electron chi connectivity index (χ2n) is 7.35. The van der Waals surface area contributed by atoms with Crippen molar-refractivity contribution < 1.29 is 4.79 Å². The number of fused-ring (bicyclic) bond motifs is 4. The zero-order chi connectivity index (χ0) is 17.3. The highest BCUT2D eigenvalue weighted by molar-refractivity contribution is 5.93. The Morgan fingerprint density at radius 3 is 2.72 bits per heavy atom. The Labute approximate surface area is 147 Å². The standard InChI is InChI=1S/C21H21N3O/c1-13-7-6-10-17-19(13)21(11-18(25)24(3)20(21)23(17)2)15-12-22-16-9-5-4-8-14(15)16/h4-10,12,20,22H,11H2,1-3H3/t20-,21+/m0/s1. The van der Waals surface area contributed by atoms with Gasteiger partial charge in [0, 0.05) is 43.3 Å². The fraction of sp³-hybridized carbons (Fsp3) is 0.286. The predicted molar refractivity (Wildman–Crippen MR) is 99.8 cm³/mol. The molecular weight excluding hydrogens is 310 g/mol. The lowest BCUT2D eigenvalue weighted by Crippen LogP contribution is -2.47. The molecule has 2 atom stereocenters. The van der Waals surface area contributed by atoms with E-state index in [-0.39, 0.29) is 17.5 Å². The number of hydrogen-bond donors (Lipinski definition) is 1. The van der Waals surface area contributed by atoms with Crippen LogP contribution in [0, 0.1) is 6.92 Å². The lowest BCUT2D eigenvalue weighted by Gasteiger charge is -2.35. The predicted octanol–water partition coefficient (Wildman–Crippen LogP) is 3.40. The molecule has 0 bridgehead atoms. The highest BCUT2D eigenvalue weighted by Crippen LogP contribution is 2.57. The Morgan fingerprint density at radius 1 is 1.08 bits per heavy atom. The molecule has 3 heterocycles. The van der Waals surface area contributed by atoms with Gasteiger partial charge in [-0.2, -0.15) is 0 Å². The van der Waals surface area contributed by atoms with E-state index in [0.29, 0.717) is 6.42 Å². The van der Waals surface area contributed by atoms with Crippen LogP contribution in [0.4, 0.5) is 5.69 Å². The van der Waals surface area contributed by atoms with Gasteiger partial charge in [-0.1, -0.05) is 30.3 Å². The summed E-state index contributed by atoms with van der Waals surface area (Å²) < 4.78 is 0. The first-order chi connectivity index (χ1) is 12.1. The number of rotatable bonds is 1. The number of carbonyl (C=O) groups excluding carboxylic acids is 1. The largest absolute Gasteiger partial charge is 0.361 e. The second kappa shape index (κ2) is 4.66. The van der Waals surface area contributed by atoms with Crippen molar-refractivity contribution >= 4 is 22.5 Å². The highest BCUT2D eigenvalue weighted by atomic mass is 16.2. The molecule has 1 aromatic heterocycles. The van der Waals surface area contributed by atoms with Crippen LogP contribution in [0.2, 0.25) is 0 Å². The number of benzene rings is 2. The Bertz CT molecular complexity index is 1020. The number of amides is 1. The minimum Gasteiger partial charge on any atom is -0.361 e. The fourth-order valence-electron chi connectivity index (χ4n) is 5.20. The molecule has 1 N–H and O–H groups in total. The molecule has 2 aliphatic rings. The van der Waals surface area contributed by atoms with Crippen LogP contribution < -0.4 is 4.90 Å². The number of hydrogen-bond acceptors (Lipinski definition) is 2. The summed E-state index contributed by atoms with van der Waals surface area (Å²) in [5.74, 6) is 0.205. The van der Waals surface area contributed by atoms with Gasteiger partial charge in [-0.05, 0) is 35.7 Å². The molecule has 1 saturated heterocycles. The molecule has 0 unspecified atom stereocenters. The minimum atomic E-state index is -0.332. The lowest BCUT2D eigenvalue weighted by atomic mass is 9.71. The molecule has 0 aliphatic carbocycles. The molecule has 1 fully saturated rings. The summed E-state index contributed by atoms with van der Waals surface area (Å²) in [6.07, 6.45) is 2.63. The number of nitrogens with one attached hydrogen (secondary N) is 1. The highest BCUT2D eigenvalue weighted by Gasteiger charge is 2.60. The summed E-state index contributed by atoms with van der Waals surface area (Å²) >= 11 is 0. The van der Waals surface area contributed by atoms with Crippen molar-refractivity contribution in [3.63, 3.8) is 0 Å². The zero-order valence-corrected chi connectivity index (χ0v) is 14.7. The van der Waals surface area contributed by atoms with E-state index in [4.69, 9.17) is 0 Å². The number of para-hydroxylation sites is 1. The van der Waals surface area contributed by atoms with Crippen molar-refractivity contribution in [3.8, 4) is 0 Å². The Morgan fingerprint density at radius 2 is 1.88 bits per heavy atom. The normalized spacial score (nSPS) is 24.9. The molecule has 5 rings (SSSR count). The third-order valence-electron chi connectivity index (χ3n) is 6.14. The van der Waals surface area contributed by atoms with E-state index >= 15 is 0 Å². The number of aryl methyl sites for hydroxylation is 1. The third-order valence-corrected chi connectivity index (χ3v) is 6.14. The second-order valence-corrected chi connectivity index (χ2v) is 7.35. The quantitative estimate of drug-likeness (QED) is 0.742. The number of anilines is 1. The lowest BCUT2D eigenvalue weighted by molar-refractivity contribution is -0.127. The Kier molecular flexibility index (Phi) is 2.72. The van der Waals surface area contributed by atoms with Gasteiger partial charge in [-0.3, -0.25) is 4.79 Å². The van der Waals surface area contributed by atoms with Crippen molar-refractivity contribution in [2.45, 2.75) is 24.9 Å². The summed E-state index contributed by atoms with van der Waals surface area (Å²) in [6.45, 7) is 2.16. The number of carbonyl (C=O) groups is 1. The first-order valence-corrected chi connectivity index (χ1v) is 8.71. The van der Waals surface area contributed by atoms with Crippen molar-refractivity contribution in [2.75, 3.05) is 19.0 Å². The third kappa shape index (κ3) is 1.60. The van der Waals surface area contributed by atoms with Gasteiger partial charge >= 0.3 is 0 Å². The van der Waals surface area contributed by atoms with E-state index in [0.717, 1.165) is 5.52 Å². The average Bonchev–Trinajstić information content (AvgIpc) is 3.21. The van der Waals surface area contributed by atoms with E-state index in [1.54, 1.807) is 0 Å². The van der Waals surface area contributed by atoms with Crippen LogP contribution in [0.5, 0.6) is 0 Å². The number of nitrogens with zero attached hydrogens (tertiary/aromatic N) is 2. The molecule has 2 aromatic carbocycles. The van der Waals surface area contributed by atoms with Gasteiger partial charge in [0.05, 0.1) is 5.41 Å². The summed E-state index contributed by atoms with van der Waals surface area (Å²) in [6, 6.07) is 14.8. The van der Waals surface area contributed by atoms with Gasteiger partial charge in [0.1, 0.15) is 6.17 Å². The van der Waals surface area contributed by atoms with Gasteiger partial charge in [-0.25, -0.2) is 0 Å². The molecule has 4 heteroatoms. The summed E-state index contributed by atoms with van der Waals surface area (Å²) in [4.78, 5) is 20.4. The van der Waals surface area contributed by atoms with Crippen LogP contribution in [0.1, 0.15) is 23.1 Å². The number of aromatic nitrogens is 1. The van der Waals surface area contributed by atoms with Gasteiger partial charge in [0.15, 0.2) is 0 Å². The minimum absolute atomic E-state index is 0.00954. The van der Waals surface area contributed by atoms with Gasteiger partial charge in [-0.15, -0.1) is 0 Å². The zero-order valence-electron chi connectivity index (χ0n) is 14.7. The van der Waals surface area contributed by atoms with E-state index < -0.39 is 0 Å². The molecule has 3 aromatic rings. The van der Waals surface area contributed by atoms with Crippen molar-refractivity contribution in [1.82, 2.24) is 9.88 Å². The van der Waals surface area contributed by atoms with Gasteiger partial charge in [0.2, 0.25) is 5.91 Å². The molecule has 0 saturated carbocycles. The van der Waals surface area contributed by atoms with Crippen LogP contribution in [0.25, 0.3) is 10.9 Å². The van der Waals surface area contributed by atoms with Crippen LogP contribution in [0.15, 0.2) is 48.7 Å². The number of H-pyrrole nitrogens is 1. The van der Waals surface area contributed by atoms with Gasteiger partial charge < -0.3 is 14.8 Å². The van der Waals surface area contributed by atoms with Crippen LogP contribution in [-0.4, -0.2) is 36.1 Å². The molecular formula is C21H21N3O. The number of likely N-dealkylation sites (tertiary alicyclic amines) is 1. The smallest absolute Gasteiger partial charge is 0.225 e.